The van der Waals surface area contributed by atoms with Crippen LogP contribution >= 0.6 is 0 Å². The summed E-state index contributed by atoms with van der Waals surface area (Å²) in [6, 6.07) is 8.63. The Bertz CT molecular complexity index is 658. The number of nitrogens with one attached hydrogen (secondary N) is 2. The molecule has 0 unspecified atom stereocenters. The minimum atomic E-state index is 0.205. The molecule has 2 aromatic rings. The highest BCUT2D eigenvalue weighted by molar-refractivity contribution is 5.87. The van der Waals surface area contributed by atoms with Crippen LogP contribution in [-0.4, -0.2) is 10.9 Å². The van der Waals surface area contributed by atoms with Crippen molar-refractivity contribution in [2.45, 2.75) is 32.2 Å². The molecule has 2 bridgehead atoms. The normalized spacial score (nSPS) is 29.1. The van der Waals surface area contributed by atoms with E-state index < -0.39 is 0 Å². The fraction of sp³-hybridized carbons (Fsp3) is 0.438. The van der Waals surface area contributed by atoms with E-state index in [2.05, 4.69) is 41.5 Å². The lowest BCUT2D eigenvalue weighted by molar-refractivity contribution is -0.127. The Balaban J connectivity index is 1.95. The van der Waals surface area contributed by atoms with Crippen LogP contribution in [0, 0.1) is 11.8 Å². The summed E-state index contributed by atoms with van der Waals surface area (Å²) in [5.41, 5.74) is 3.87. The Morgan fingerprint density at radius 1 is 1.26 bits per heavy atom. The molecule has 1 fully saturated rings. The first-order valence-corrected chi connectivity index (χ1v) is 7.16. The van der Waals surface area contributed by atoms with Crippen molar-refractivity contribution in [2.24, 2.45) is 11.8 Å². The summed E-state index contributed by atoms with van der Waals surface area (Å²) in [5, 5.41) is 4.50. The van der Waals surface area contributed by atoms with Crippen molar-refractivity contribution >= 4 is 16.8 Å². The minimum absolute atomic E-state index is 0.205. The lowest BCUT2D eigenvalue weighted by atomic mass is 9.69. The Hall–Kier alpha value is -1.77. The smallest absolute Gasteiger partial charge is 0.220 e. The van der Waals surface area contributed by atoms with Crippen LogP contribution in [0.3, 0.4) is 0 Å². The summed E-state index contributed by atoms with van der Waals surface area (Å²) in [7, 11) is 0. The molecule has 1 aliphatic carbocycles. The molecule has 4 rings (SSSR count). The number of carbonyl (C=O) groups excluding carboxylic acids is 1. The van der Waals surface area contributed by atoms with Gasteiger partial charge in [-0.25, -0.2) is 0 Å². The zero-order chi connectivity index (χ0) is 13.0. The van der Waals surface area contributed by atoms with E-state index in [9.17, 15) is 4.79 Å². The molecule has 3 nitrogen and oxygen atoms in total. The Kier molecular flexibility index (Phi) is 2.25. The van der Waals surface area contributed by atoms with E-state index in [1.54, 1.807) is 0 Å². The second-order valence-electron chi connectivity index (χ2n) is 5.85. The summed E-state index contributed by atoms with van der Waals surface area (Å²) >= 11 is 0. The average molecular weight is 254 g/mol. The summed E-state index contributed by atoms with van der Waals surface area (Å²) in [4.78, 5) is 15.4. The third kappa shape index (κ3) is 1.47. The van der Waals surface area contributed by atoms with E-state index in [-0.39, 0.29) is 11.9 Å². The highest BCUT2D eigenvalue weighted by Gasteiger charge is 2.42. The minimum Gasteiger partial charge on any atom is -0.358 e. The molecule has 1 aliphatic heterocycles. The Labute approximate surface area is 112 Å². The average Bonchev–Trinajstić information content (AvgIpc) is 2.75. The van der Waals surface area contributed by atoms with E-state index in [0.717, 1.165) is 12.8 Å². The second kappa shape index (κ2) is 3.86. The summed E-state index contributed by atoms with van der Waals surface area (Å²) in [6.45, 7) is 2.24. The van der Waals surface area contributed by atoms with Gasteiger partial charge in [0.2, 0.25) is 5.91 Å². The molecule has 3 heteroatoms. The quantitative estimate of drug-likeness (QED) is 0.807. The number of amides is 1. The molecule has 2 heterocycles. The monoisotopic (exact) mass is 254 g/mol. The van der Waals surface area contributed by atoms with E-state index >= 15 is 0 Å². The lowest BCUT2D eigenvalue weighted by Gasteiger charge is -2.42. The number of H-pyrrole nitrogens is 1. The molecule has 1 amide bonds. The molecule has 1 saturated heterocycles. The second-order valence-corrected chi connectivity index (χ2v) is 5.85. The van der Waals surface area contributed by atoms with Crippen LogP contribution in [0.4, 0.5) is 0 Å². The van der Waals surface area contributed by atoms with Gasteiger partial charge in [0.1, 0.15) is 0 Å². The molecular weight excluding hydrogens is 236 g/mol. The van der Waals surface area contributed by atoms with Gasteiger partial charge in [0.25, 0.3) is 0 Å². The number of rotatable bonds is 1. The number of benzene rings is 1. The summed E-state index contributed by atoms with van der Waals surface area (Å²) in [5.74, 6) is 1.31. The first-order chi connectivity index (χ1) is 9.28. The van der Waals surface area contributed by atoms with Crippen molar-refractivity contribution in [3.05, 3.63) is 35.5 Å². The SMILES string of the molecule is CC[C@H]1[C@@H]2CC(=O)N[C@H]1c1c([nH]c3ccccc13)C2. The van der Waals surface area contributed by atoms with Crippen molar-refractivity contribution in [2.75, 3.05) is 0 Å². The largest absolute Gasteiger partial charge is 0.358 e. The number of hydrogen-bond acceptors (Lipinski definition) is 1. The highest BCUT2D eigenvalue weighted by Crippen LogP contribution is 2.46. The maximum atomic E-state index is 11.9. The van der Waals surface area contributed by atoms with Gasteiger partial charge in [-0.05, 0) is 24.3 Å². The van der Waals surface area contributed by atoms with E-state index in [0.29, 0.717) is 18.3 Å². The van der Waals surface area contributed by atoms with E-state index in [1.807, 2.05) is 0 Å². The zero-order valence-electron chi connectivity index (χ0n) is 11.1. The van der Waals surface area contributed by atoms with Crippen LogP contribution in [0.1, 0.15) is 37.1 Å². The maximum Gasteiger partial charge on any atom is 0.220 e. The topological polar surface area (TPSA) is 44.9 Å². The molecule has 1 aromatic heterocycles. The molecule has 2 aliphatic rings. The fourth-order valence-electron chi connectivity index (χ4n) is 4.08. The number of piperidine rings is 1. The van der Waals surface area contributed by atoms with Gasteiger partial charge < -0.3 is 10.3 Å². The van der Waals surface area contributed by atoms with E-state index in [4.69, 9.17) is 0 Å². The van der Waals surface area contributed by atoms with Gasteiger partial charge in [0, 0.05) is 28.6 Å². The van der Waals surface area contributed by atoms with Gasteiger partial charge in [0.05, 0.1) is 6.04 Å². The highest BCUT2D eigenvalue weighted by atomic mass is 16.1. The first-order valence-electron chi connectivity index (χ1n) is 7.16. The van der Waals surface area contributed by atoms with Crippen LogP contribution in [0.5, 0.6) is 0 Å². The Morgan fingerprint density at radius 2 is 2.11 bits per heavy atom. The van der Waals surface area contributed by atoms with Crippen molar-refractivity contribution in [3.63, 3.8) is 0 Å². The molecule has 0 spiro atoms. The fourth-order valence-corrected chi connectivity index (χ4v) is 4.08. The van der Waals surface area contributed by atoms with Crippen LogP contribution in [0.25, 0.3) is 10.9 Å². The van der Waals surface area contributed by atoms with Crippen LogP contribution in [0.2, 0.25) is 0 Å². The van der Waals surface area contributed by atoms with Gasteiger partial charge in [0.15, 0.2) is 0 Å². The van der Waals surface area contributed by atoms with Crippen LogP contribution in [0.15, 0.2) is 24.3 Å². The number of carbonyl (C=O) groups is 1. The van der Waals surface area contributed by atoms with Crippen LogP contribution in [-0.2, 0) is 11.2 Å². The third-order valence-corrected chi connectivity index (χ3v) is 4.87. The van der Waals surface area contributed by atoms with Gasteiger partial charge in [-0.2, -0.15) is 0 Å². The number of fused-ring (bicyclic) bond motifs is 6. The van der Waals surface area contributed by atoms with Crippen molar-refractivity contribution in [3.8, 4) is 0 Å². The number of aromatic amines is 1. The molecular formula is C16H18N2O. The van der Waals surface area contributed by atoms with Gasteiger partial charge >= 0.3 is 0 Å². The van der Waals surface area contributed by atoms with Crippen molar-refractivity contribution in [1.29, 1.82) is 0 Å². The molecule has 0 saturated carbocycles. The molecule has 0 radical (unpaired) electrons. The van der Waals surface area contributed by atoms with Gasteiger partial charge in [-0.1, -0.05) is 31.5 Å². The van der Waals surface area contributed by atoms with Crippen LogP contribution < -0.4 is 5.32 Å². The first kappa shape index (κ1) is 11.1. The molecule has 2 N–H and O–H groups in total. The molecule has 3 atom stereocenters. The van der Waals surface area contributed by atoms with Crippen molar-refractivity contribution < 1.29 is 4.79 Å². The predicted octanol–water partition coefficient (Wildman–Crippen LogP) is 2.93. The maximum absolute atomic E-state index is 11.9. The summed E-state index contributed by atoms with van der Waals surface area (Å²) < 4.78 is 0. The number of aromatic nitrogens is 1. The predicted molar refractivity (Wildman–Crippen MR) is 74.8 cm³/mol. The Morgan fingerprint density at radius 3 is 2.95 bits per heavy atom. The number of para-hydroxylation sites is 1. The molecule has 1 aromatic carbocycles. The lowest BCUT2D eigenvalue weighted by Crippen LogP contribution is -2.46. The molecule has 19 heavy (non-hydrogen) atoms. The third-order valence-electron chi connectivity index (χ3n) is 4.87. The van der Waals surface area contributed by atoms with Gasteiger partial charge in [-0.3, -0.25) is 4.79 Å². The molecule has 98 valence electrons. The van der Waals surface area contributed by atoms with Gasteiger partial charge in [-0.15, -0.1) is 0 Å². The van der Waals surface area contributed by atoms with E-state index in [1.165, 1.54) is 22.2 Å². The summed E-state index contributed by atoms with van der Waals surface area (Å²) in [6.07, 6.45) is 2.84. The zero-order valence-corrected chi connectivity index (χ0v) is 11.1. The standard InChI is InChI=1S/C16H18N2O/c1-2-10-9-7-13-15(16(10)18-14(19)8-9)11-5-3-4-6-12(11)17-13/h3-6,9-10,16-17H,2,7-8H2,1H3,(H,18,19)/t9-,10-,16+/m0/s1. The van der Waals surface area contributed by atoms with Crippen molar-refractivity contribution in [1.82, 2.24) is 10.3 Å². The number of hydrogen-bond donors (Lipinski definition) is 2.